The monoisotopic (exact) mass is 501 g/mol. The summed E-state index contributed by atoms with van der Waals surface area (Å²) in [7, 11) is -4.13. The second kappa shape index (κ2) is 9.72. The van der Waals surface area contributed by atoms with E-state index in [0.29, 0.717) is 6.07 Å². The van der Waals surface area contributed by atoms with Gasteiger partial charge in [0.15, 0.2) is 0 Å². The molecule has 0 aliphatic rings. The number of hydrogen-bond acceptors (Lipinski definition) is 5. The molecule has 0 saturated heterocycles. The summed E-state index contributed by atoms with van der Waals surface area (Å²) in [5.41, 5.74) is -0.171. The molecule has 6 nitrogen and oxygen atoms in total. The Hall–Kier alpha value is -2.88. The van der Waals surface area contributed by atoms with Crippen LogP contribution in [-0.2, 0) is 14.8 Å². The van der Waals surface area contributed by atoms with Crippen molar-refractivity contribution in [3.05, 3.63) is 81.8 Å². The first-order chi connectivity index (χ1) is 15.1. The zero-order valence-electron chi connectivity index (χ0n) is 16.4. The Kier molecular flexibility index (Phi) is 7.22. The van der Waals surface area contributed by atoms with E-state index in [4.69, 9.17) is 32.7 Å². The van der Waals surface area contributed by atoms with Gasteiger partial charge in [-0.2, -0.15) is 0 Å². The van der Waals surface area contributed by atoms with Crippen molar-refractivity contribution < 1.29 is 31.5 Å². The molecule has 0 fully saturated rings. The second-order valence-electron chi connectivity index (χ2n) is 6.32. The van der Waals surface area contributed by atoms with E-state index in [2.05, 4.69) is 4.72 Å². The fourth-order valence-electron chi connectivity index (χ4n) is 2.67. The van der Waals surface area contributed by atoms with E-state index < -0.39 is 27.6 Å². The van der Waals surface area contributed by atoms with Crippen molar-refractivity contribution in [1.82, 2.24) is 0 Å². The predicted molar refractivity (Wildman–Crippen MR) is 116 cm³/mol. The lowest BCUT2D eigenvalue weighted by molar-refractivity contribution is 0.0523. The van der Waals surface area contributed by atoms with E-state index in [1.165, 1.54) is 36.4 Å². The Balaban J connectivity index is 1.97. The fourth-order valence-corrected chi connectivity index (χ4v) is 4.49. The summed E-state index contributed by atoms with van der Waals surface area (Å²) in [6.45, 7) is 1.61. The van der Waals surface area contributed by atoms with Crippen molar-refractivity contribution in [2.45, 2.75) is 11.8 Å². The van der Waals surface area contributed by atoms with Gasteiger partial charge in [-0.15, -0.1) is 0 Å². The second-order valence-corrected chi connectivity index (χ2v) is 8.81. The molecule has 0 aliphatic carbocycles. The van der Waals surface area contributed by atoms with Gasteiger partial charge >= 0.3 is 5.97 Å². The number of benzene rings is 3. The average molecular weight is 502 g/mol. The summed E-state index contributed by atoms with van der Waals surface area (Å²) in [6, 6.07) is 10.1. The molecule has 0 aromatic heterocycles. The number of hydrogen-bond donors (Lipinski definition) is 1. The molecule has 0 heterocycles. The number of rotatable bonds is 7. The lowest BCUT2D eigenvalue weighted by atomic mass is 10.2. The fraction of sp³-hybridized carbons (Fsp3) is 0.0952. The van der Waals surface area contributed by atoms with E-state index in [9.17, 15) is 22.0 Å². The maximum absolute atomic E-state index is 13.5. The number of esters is 1. The smallest absolute Gasteiger partial charge is 0.342 e. The van der Waals surface area contributed by atoms with Gasteiger partial charge in [-0.25, -0.2) is 22.0 Å². The highest BCUT2D eigenvalue weighted by Crippen LogP contribution is 2.32. The van der Waals surface area contributed by atoms with Crippen molar-refractivity contribution in [1.29, 1.82) is 0 Å². The molecule has 0 spiro atoms. The molecule has 11 heteroatoms. The van der Waals surface area contributed by atoms with Gasteiger partial charge in [-0.05, 0) is 43.3 Å². The number of ether oxygens (including phenoxy) is 2. The van der Waals surface area contributed by atoms with E-state index in [1.54, 1.807) is 6.92 Å². The van der Waals surface area contributed by atoms with Crippen LogP contribution in [0, 0.1) is 11.6 Å². The number of sulfonamides is 1. The third-order valence-electron chi connectivity index (χ3n) is 3.97. The largest absolute Gasteiger partial charge is 0.462 e. The first-order valence-electron chi connectivity index (χ1n) is 9.02. The van der Waals surface area contributed by atoms with Crippen LogP contribution in [0.25, 0.3) is 0 Å². The Morgan fingerprint density at radius 1 is 1.00 bits per heavy atom. The molecule has 0 atom stereocenters. The number of carbonyl (C=O) groups is 1. The van der Waals surface area contributed by atoms with Gasteiger partial charge in [-0.1, -0.05) is 23.2 Å². The van der Waals surface area contributed by atoms with Crippen molar-refractivity contribution in [3.8, 4) is 11.5 Å². The van der Waals surface area contributed by atoms with Crippen LogP contribution in [0.15, 0.2) is 59.5 Å². The van der Waals surface area contributed by atoms with Crippen LogP contribution < -0.4 is 9.46 Å². The number of nitrogens with one attached hydrogen (secondary N) is 1. The lowest BCUT2D eigenvalue weighted by Crippen LogP contribution is -2.14. The van der Waals surface area contributed by atoms with Gasteiger partial charge in [0.25, 0.3) is 10.0 Å². The minimum absolute atomic E-state index is 0.00292. The van der Waals surface area contributed by atoms with E-state index in [0.717, 1.165) is 12.1 Å². The highest BCUT2D eigenvalue weighted by molar-refractivity contribution is 7.92. The average Bonchev–Trinajstić information content (AvgIpc) is 2.68. The summed E-state index contributed by atoms with van der Waals surface area (Å²) in [5.74, 6) is -2.87. The van der Waals surface area contributed by atoms with Gasteiger partial charge < -0.3 is 9.47 Å². The summed E-state index contributed by atoms with van der Waals surface area (Å²) in [6.07, 6.45) is 0. The van der Waals surface area contributed by atoms with Crippen LogP contribution in [-0.4, -0.2) is 21.0 Å². The van der Waals surface area contributed by atoms with Crippen LogP contribution >= 0.6 is 23.2 Å². The molecule has 3 aromatic carbocycles. The maximum atomic E-state index is 13.5. The first-order valence-corrected chi connectivity index (χ1v) is 11.3. The Labute approximate surface area is 192 Å². The molecular formula is C21H15Cl2F2NO5S. The maximum Gasteiger partial charge on any atom is 0.342 e. The van der Waals surface area contributed by atoms with Crippen LogP contribution in [0.4, 0.5) is 14.5 Å². The Morgan fingerprint density at radius 2 is 1.69 bits per heavy atom. The van der Waals surface area contributed by atoms with Gasteiger partial charge in [0.1, 0.15) is 33.6 Å². The first kappa shape index (κ1) is 23.8. The molecular weight excluding hydrogens is 487 g/mol. The van der Waals surface area contributed by atoms with Crippen LogP contribution in [0.2, 0.25) is 10.0 Å². The lowest BCUT2D eigenvalue weighted by Gasteiger charge is -2.14. The summed E-state index contributed by atoms with van der Waals surface area (Å²) < 4.78 is 65.1. The van der Waals surface area contributed by atoms with Crippen molar-refractivity contribution >= 4 is 44.9 Å². The summed E-state index contributed by atoms with van der Waals surface area (Å²) >= 11 is 11.8. The molecule has 0 unspecified atom stereocenters. The molecule has 0 amide bonds. The topological polar surface area (TPSA) is 81.7 Å². The molecule has 1 N–H and O–H groups in total. The van der Waals surface area contributed by atoms with Crippen molar-refractivity contribution in [3.63, 3.8) is 0 Å². The molecule has 3 aromatic rings. The van der Waals surface area contributed by atoms with Crippen LogP contribution in [0.5, 0.6) is 11.5 Å². The normalized spacial score (nSPS) is 11.2. The molecule has 0 saturated carbocycles. The highest BCUT2D eigenvalue weighted by atomic mass is 35.5. The summed E-state index contributed by atoms with van der Waals surface area (Å²) in [5, 5.41) is 0.164. The minimum Gasteiger partial charge on any atom is -0.462 e. The zero-order valence-corrected chi connectivity index (χ0v) is 18.7. The van der Waals surface area contributed by atoms with Crippen LogP contribution in [0.3, 0.4) is 0 Å². The van der Waals surface area contributed by atoms with E-state index in [1.807, 2.05) is 0 Å². The van der Waals surface area contributed by atoms with Gasteiger partial charge in [-0.3, -0.25) is 4.72 Å². The molecule has 32 heavy (non-hydrogen) atoms. The van der Waals surface area contributed by atoms with Gasteiger partial charge in [0.2, 0.25) is 0 Å². The molecule has 0 radical (unpaired) electrons. The van der Waals surface area contributed by atoms with Gasteiger partial charge in [0, 0.05) is 28.9 Å². The molecule has 0 bridgehead atoms. The van der Waals surface area contributed by atoms with E-state index in [-0.39, 0.29) is 44.3 Å². The quantitative estimate of drug-likeness (QED) is 0.399. The zero-order chi connectivity index (χ0) is 23.5. The molecule has 0 aliphatic heterocycles. The number of halogens is 4. The highest BCUT2D eigenvalue weighted by Gasteiger charge is 2.21. The molecule has 3 rings (SSSR count). The third kappa shape index (κ3) is 5.67. The standard InChI is InChI=1S/C21H15Cl2F2NO5S/c1-2-30-21(27)17-11-15(26-32(28,29)20-6-3-12(22)7-18(20)23)4-5-19(17)31-16-9-13(24)8-14(25)10-16/h3-11,26H,2H2,1H3. The Morgan fingerprint density at radius 3 is 2.31 bits per heavy atom. The van der Waals surface area contributed by atoms with Crippen molar-refractivity contribution in [2.24, 2.45) is 0 Å². The van der Waals surface area contributed by atoms with Gasteiger partial charge in [0.05, 0.1) is 11.6 Å². The number of carbonyl (C=O) groups excluding carboxylic acids is 1. The molecule has 168 valence electrons. The summed E-state index contributed by atoms with van der Waals surface area (Å²) in [4.78, 5) is 12.2. The third-order valence-corrected chi connectivity index (χ3v) is 6.07. The SMILES string of the molecule is CCOC(=O)c1cc(NS(=O)(=O)c2ccc(Cl)cc2Cl)ccc1Oc1cc(F)cc(F)c1. The minimum atomic E-state index is -4.13. The van der Waals surface area contributed by atoms with Crippen molar-refractivity contribution in [2.75, 3.05) is 11.3 Å². The Bertz CT molecular complexity index is 1260. The number of anilines is 1. The van der Waals surface area contributed by atoms with E-state index >= 15 is 0 Å². The van der Waals surface area contributed by atoms with Crippen LogP contribution in [0.1, 0.15) is 17.3 Å². The predicted octanol–water partition coefficient (Wildman–Crippen LogP) is 6.04.